The largest absolute Gasteiger partial charge is 0.493 e. The van der Waals surface area contributed by atoms with Crippen LogP contribution in [0.1, 0.15) is 15.9 Å². The van der Waals surface area contributed by atoms with Gasteiger partial charge in [0.05, 0.1) is 45.2 Å². The Morgan fingerprint density at radius 1 is 0.816 bits per heavy atom. The Morgan fingerprint density at radius 3 is 2.08 bits per heavy atom. The van der Waals surface area contributed by atoms with Gasteiger partial charge in [-0.05, 0) is 54.1 Å². The molecule has 1 N–H and O–H groups in total. The molecule has 0 saturated heterocycles. The highest BCUT2D eigenvalue weighted by Gasteiger charge is 2.19. The molecule has 200 valence electrons. The molecule has 12 heteroatoms. The molecular formula is C26H24Cl2N2O8. The van der Waals surface area contributed by atoms with E-state index in [9.17, 15) is 9.59 Å². The first-order valence-electron chi connectivity index (χ1n) is 10.9. The molecular weight excluding hydrogens is 539 g/mol. The molecule has 3 aromatic carbocycles. The van der Waals surface area contributed by atoms with Gasteiger partial charge >= 0.3 is 5.97 Å². The maximum Gasteiger partial charge on any atom is 0.343 e. The van der Waals surface area contributed by atoms with Gasteiger partial charge in [0, 0.05) is 5.02 Å². The van der Waals surface area contributed by atoms with Crippen molar-refractivity contribution >= 4 is 41.3 Å². The van der Waals surface area contributed by atoms with E-state index in [0.29, 0.717) is 33.6 Å². The van der Waals surface area contributed by atoms with E-state index >= 15 is 0 Å². The van der Waals surface area contributed by atoms with Crippen LogP contribution < -0.4 is 33.8 Å². The highest BCUT2D eigenvalue weighted by Crippen LogP contribution is 2.39. The van der Waals surface area contributed by atoms with Crippen LogP contribution in [0.5, 0.6) is 34.5 Å². The minimum atomic E-state index is -0.669. The molecule has 0 aromatic heterocycles. The number of benzene rings is 3. The van der Waals surface area contributed by atoms with Crippen molar-refractivity contribution in [1.29, 1.82) is 0 Å². The van der Waals surface area contributed by atoms with E-state index in [1.54, 1.807) is 24.3 Å². The van der Waals surface area contributed by atoms with Gasteiger partial charge in [-0.1, -0.05) is 23.2 Å². The van der Waals surface area contributed by atoms with Crippen molar-refractivity contribution in [2.75, 3.05) is 35.0 Å². The monoisotopic (exact) mass is 562 g/mol. The van der Waals surface area contributed by atoms with Crippen molar-refractivity contribution in [3.8, 4) is 34.5 Å². The van der Waals surface area contributed by atoms with E-state index in [4.69, 9.17) is 51.6 Å². The average molecular weight is 563 g/mol. The van der Waals surface area contributed by atoms with Crippen LogP contribution in [0.4, 0.5) is 0 Å². The molecule has 0 aliphatic heterocycles. The molecule has 3 rings (SSSR count). The standard InChI is InChI=1S/C26H24Cl2N2O8/c1-33-21-9-15(13-29-30-24(31)14-37-19-8-6-17(27)12-18(19)28)5-7-20(21)38-26(32)16-10-22(34-2)25(36-4)23(11-16)35-3/h5-13H,14H2,1-4H3,(H,30,31)/b29-13+. The average Bonchev–Trinajstić information content (AvgIpc) is 2.92. The quantitative estimate of drug-likeness (QED) is 0.154. The zero-order valence-electron chi connectivity index (χ0n) is 20.9. The lowest BCUT2D eigenvalue weighted by atomic mass is 10.1. The van der Waals surface area contributed by atoms with E-state index in [2.05, 4.69) is 10.5 Å². The molecule has 0 spiro atoms. The fourth-order valence-electron chi connectivity index (χ4n) is 3.15. The van der Waals surface area contributed by atoms with Crippen LogP contribution in [-0.2, 0) is 4.79 Å². The zero-order valence-corrected chi connectivity index (χ0v) is 22.4. The maximum absolute atomic E-state index is 12.8. The summed E-state index contributed by atoms with van der Waals surface area (Å²) in [7, 11) is 5.78. The first kappa shape index (κ1) is 28.4. The van der Waals surface area contributed by atoms with Crippen molar-refractivity contribution in [3.05, 3.63) is 69.7 Å². The molecule has 10 nitrogen and oxygen atoms in total. The van der Waals surface area contributed by atoms with Gasteiger partial charge < -0.3 is 28.4 Å². The summed E-state index contributed by atoms with van der Waals surface area (Å²) < 4.78 is 32.1. The number of halogens is 2. The molecule has 0 aliphatic carbocycles. The molecule has 0 unspecified atom stereocenters. The number of hydrogen-bond acceptors (Lipinski definition) is 9. The lowest BCUT2D eigenvalue weighted by molar-refractivity contribution is -0.123. The fraction of sp³-hybridized carbons (Fsp3) is 0.192. The summed E-state index contributed by atoms with van der Waals surface area (Å²) in [5.74, 6) is 0.536. The van der Waals surface area contributed by atoms with E-state index in [0.717, 1.165) is 0 Å². The lowest BCUT2D eigenvalue weighted by Crippen LogP contribution is -2.24. The predicted molar refractivity (Wildman–Crippen MR) is 142 cm³/mol. The number of nitrogens with one attached hydrogen (secondary N) is 1. The Morgan fingerprint density at radius 2 is 1.47 bits per heavy atom. The second-order valence-electron chi connectivity index (χ2n) is 7.37. The third-order valence-electron chi connectivity index (χ3n) is 4.95. The zero-order chi connectivity index (χ0) is 27.7. The van der Waals surface area contributed by atoms with Crippen molar-refractivity contribution in [2.24, 2.45) is 5.10 Å². The maximum atomic E-state index is 12.8. The minimum absolute atomic E-state index is 0.167. The topological polar surface area (TPSA) is 114 Å². The number of methoxy groups -OCH3 is 4. The second-order valence-corrected chi connectivity index (χ2v) is 8.21. The van der Waals surface area contributed by atoms with Crippen LogP contribution in [0.3, 0.4) is 0 Å². The number of nitrogens with zero attached hydrogens (tertiary/aromatic N) is 1. The number of hydrogen-bond donors (Lipinski definition) is 1. The van der Waals surface area contributed by atoms with Crippen LogP contribution in [0, 0.1) is 0 Å². The molecule has 0 aliphatic rings. The number of hydrazone groups is 1. The van der Waals surface area contributed by atoms with E-state index in [1.807, 2.05) is 0 Å². The third-order valence-corrected chi connectivity index (χ3v) is 5.48. The van der Waals surface area contributed by atoms with Crippen molar-refractivity contribution in [3.63, 3.8) is 0 Å². The smallest absolute Gasteiger partial charge is 0.343 e. The molecule has 0 radical (unpaired) electrons. The Bertz CT molecular complexity index is 1320. The van der Waals surface area contributed by atoms with Crippen molar-refractivity contribution < 1.29 is 38.0 Å². The molecule has 1 amide bonds. The second kappa shape index (κ2) is 13.4. The molecule has 3 aromatic rings. The number of ether oxygens (including phenoxy) is 6. The van der Waals surface area contributed by atoms with E-state index in [-0.39, 0.29) is 28.7 Å². The third kappa shape index (κ3) is 7.21. The summed E-state index contributed by atoms with van der Waals surface area (Å²) in [6.45, 7) is -0.308. The van der Waals surface area contributed by atoms with Gasteiger partial charge in [0.2, 0.25) is 5.75 Å². The highest BCUT2D eigenvalue weighted by molar-refractivity contribution is 6.35. The van der Waals surface area contributed by atoms with Gasteiger partial charge in [-0.3, -0.25) is 4.79 Å². The van der Waals surface area contributed by atoms with Gasteiger partial charge in [-0.2, -0.15) is 5.10 Å². The Kier molecular flexibility index (Phi) is 10.0. The number of amides is 1. The molecule has 0 atom stereocenters. The lowest BCUT2D eigenvalue weighted by Gasteiger charge is -2.14. The molecule has 0 heterocycles. The van der Waals surface area contributed by atoms with Gasteiger partial charge in [-0.15, -0.1) is 0 Å². The molecule has 0 fully saturated rings. The van der Waals surface area contributed by atoms with Crippen LogP contribution >= 0.6 is 23.2 Å². The summed E-state index contributed by atoms with van der Waals surface area (Å²) in [5, 5.41) is 4.63. The number of esters is 1. The normalized spacial score (nSPS) is 10.6. The molecule has 0 saturated carbocycles. The van der Waals surface area contributed by atoms with E-state index < -0.39 is 11.9 Å². The van der Waals surface area contributed by atoms with Gasteiger partial charge in [0.1, 0.15) is 5.75 Å². The summed E-state index contributed by atoms with van der Waals surface area (Å²) >= 11 is 11.9. The Hall–Kier alpha value is -4.15. The van der Waals surface area contributed by atoms with Gasteiger partial charge in [-0.25, -0.2) is 10.2 Å². The van der Waals surface area contributed by atoms with Crippen LogP contribution in [-0.4, -0.2) is 53.1 Å². The molecule has 0 bridgehead atoms. The Labute approximate surface area is 228 Å². The van der Waals surface area contributed by atoms with Crippen LogP contribution in [0.2, 0.25) is 10.0 Å². The first-order valence-corrected chi connectivity index (χ1v) is 11.6. The van der Waals surface area contributed by atoms with Crippen LogP contribution in [0.25, 0.3) is 0 Å². The SMILES string of the molecule is COc1cc(/C=N/NC(=O)COc2ccc(Cl)cc2Cl)ccc1OC(=O)c1cc(OC)c(OC)c(OC)c1. The summed E-state index contributed by atoms with van der Waals surface area (Å²) in [6.07, 6.45) is 1.39. The van der Waals surface area contributed by atoms with Gasteiger partial charge in [0.25, 0.3) is 5.91 Å². The summed E-state index contributed by atoms with van der Waals surface area (Å²) in [4.78, 5) is 24.8. The first-order chi connectivity index (χ1) is 18.3. The summed E-state index contributed by atoms with van der Waals surface area (Å²) in [5.41, 5.74) is 3.09. The number of carbonyl (C=O) groups is 2. The number of carbonyl (C=O) groups excluding carboxylic acids is 2. The summed E-state index contributed by atoms with van der Waals surface area (Å²) in [6, 6.07) is 12.4. The fourth-order valence-corrected chi connectivity index (χ4v) is 3.62. The minimum Gasteiger partial charge on any atom is -0.493 e. The van der Waals surface area contributed by atoms with Crippen LogP contribution in [0.15, 0.2) is 53.6 Å². The molecule has 38 heavy (non-hydrogen) atoms. The highest BCUT2D eigenvalue weighted by atomic mass is 35.5. The van der Waals surface area contributed by atoms with Gasteiger partial charge in [0.15, 0.2) is 29.6 Å². The van der Waals surface area contributed by atoms with E-state index in [1.165, 1.54) is 58.9 Å². The number of rotatable bonds is 11. The predicted octanol–water partition coefficient (Wildman–Crippen LogP) is 4.78. The van der Waals surface area contributed by atoms with Crippen molar-refractivity contribution in [1.82, 2.24) is 5.43 Å². The van der Waals surface area contributed by atoms with Crippen molar-refractivity contribution in [2.45, 2.75) is 0 Å². The Balaban J connectivity index is 1.64.